The number of ether oxygens (including phenoxy) is 1. The predicted octanol–water partition coefficient (Wildman–Crippen LogP) is 7.31. The van der Waals surface area contributed by atoms with E-state index in [-0.39, 0.29) is 22.2 Å². The lowest BCUT2D eigenvalue weighted by atomic mass is 9.84. The van der Waals surface area contributed by atoms with Crippen LogP contribution < -0.4 is 9.64 Å². The number of pyridine rings is 1. The number of hydrogen-bond acceptors (Lipinski definition) is 7. The lowest BCUT2D eigenvalue weighted by Gasteiger charge is -2.24. The van der Waals surface area contributed by atoms with Gasteiger partial charge in [-0.3, -0.25) is 19.5 Å². The molecule has 0 bridgehead atoms. The molecule has 0 radical (unpaired) electrons. The molecule has 4 aromatic rings. The number of Topliss-reactive ketones (excluding diaryl/α,β-unsaturated/α-hetero) is 1. The lowest BCUT2D eigenvalue weighted by Crippen LogP contribution is -2.29. The second-order valence-corrected chi connectivity index (χ2v) is 13.3. The molecule has 0 saturated carbocycles. The van der Waals surface area contributed by atoms with Crippen LogP contribution in [0.4, 0.5) is 5.13 Å². The number of nitrogens with zero attached hydrogens (tertiary/aromatic N) is 3. The van der Waals surface area contributed by atoms with Crippen LogP contribution >= 0.6 is 11.3 Å². The van der Waals surface area contributed by atoms with Crippen molar-refractivity contribution in [3.8, 4) is 5.75 Å². The summed E-state index contributed by atoms with van der Waals surface area (Å²) in [5.41, 5.74) is 3.47. The van der Waals surface area contributed by atoms with Gasteiger partial charge in [0.15, 0.2) is 5.13 Å². The number of rotatable bonds is 5. The predicted molar refractivity (Wildman–Crippen MR) is 164 cm³/mol. The molecule has 1 aliphatic rings. The fourth-order valence-electron chi connectivity index (χ4n) is 5.07. The van der Waals surface area contributed by atoms with E-state index in [1.54, 1.807) is 36.7 Å². The molecule has 1 saturated heterocycles. The standard InChI is InChI=1S/C33H35N3O4S/c1-8-40-24-14-11-19(16-22(24)33(5,6)7)28(37)26-27(20-10-9-15-34-18-20)36(30(39)29(26)38)31-35-23-13-12-21(32(2,3)4)17-25(23)41-31/h9-18,27,37H,8H2,1-7H3/b28-26+. The largest absolute Gasteiger partial charge is 0.507 e. The number of fused-ring (bicyclic) bond motifs is 1. The molecule has 41 heavy (non-hydrogen) atoms. The molecular weight excluding hydrogens is 534 g/mol. The molecule has 2 aromatic carbocycles. The first-order valence-corrected chi connectivity index (χ1v) is 14.5. The Kier molecular flexibility index (Phi) is 7.24. The van der Waals surface area contributed by atoms with E-state index in [0.717, 1.165) is 21.3 Å². The summed E-state index contributed by atoms with van der Waals surface area (Å²) in [5.74, 6) is -1.04. The molecule has 1 aliphatic heterocycles. The zero-order chi connectivity index (χ0) is 29.7. The topological polar surface area (TPSA) is 92.6 Å². The smallest absolute Gasteiger partial charge is 0.301 e. The quantitative estimate of drug-likeness (QED) is 0.154. The van der Waals surface area contributed by atoms with Crippen molar-refractivity contribution in [1.29, 1.82) is 0 Å². The molecule has 7 nitrogen and oxygen atoms in total. The third-order valence-corrected chi connectivity index (χ3v) is 8.27. The van der Waals surface area contributed by atoms with E-state index in [4.69, 9.17) is 9.72 Å². The van der Waals surface area contributed by atoms with Crippen LogP contribution in [0.3, 0.4) is 0 Å². The number of aromatic nitrogens is 2. The first-order valence-electron chi connectivity index (χ1n) is 13.7. The Hall–Kier alpha value is -4.04. The van der Waals surface area contributed by atoms with Gasteiger partial charge in [-0.2, -0.15) is 0 Å². The SMILES string of the molecule is CCOc1ccc(/C(O)=C2\C(=O)C(=O)N(c3nc4ccc(C(C)(C)C)cc4s3)C2c2cccnc2)cc1C(C)(C)C. The van der Waals surface area contributed by atoms with Gasteiger partial charge >= 0.3 is 5.91 Å². The number of amides is 1. The number of aliphatic hydroxyl groups is 1. The Morgan fingerprint density at radius 3 is 2.41 bits per heavy atom. The number of thiazole rings is 1. The van der Waals surface area contributed by atoms with Gasteiger partial charge in [-0.25, -0.2) is 4.98 Å². The van der Waals surface area contributed by atoms with Gasteiger partial charge in [0.2, 0.25) is 0 Å². The maximum absolute atomic E-state index is 13.7. The third-order valence-electron chi connectivity index (χ3n) is 7.25. The average molecular weight is 570 g/mol. The van der Waals surface area contributed by atoms with Crippen molar-refractivity contribution in [1.82, 2.24) is 9.97 Å². The highest BCUT2D eigenvalue weighted by molar-refractivity contribution is 7.22. The third kappa shape index (κ3) is 5.24. The Bertz CT molecular complexity index is 1680. The van der Waals surface area contributed by atoms with Crippen molar-refractivity contribution in [2.24, 2.45) is 0 Å². The minimum Gasteiger partial charge on any atom is -0.507 e. The van der Waals surface area contributed by atoms with Gasteiger partial charge in [0.05, 0.1) is 28.4 Å². The molecular formula is C33H35N3O4S. The first-order chi connectivity index (χ1) is 19.3. The summed E-state index contributed by atoms with van der Waals surface area (Å²) in [7, 11) is 0. The fourth-order valence-corrected chi connectivity index (χ4v) is 6.10. The molecule has 0 aliphatic carbocycles. The molecule has 1 atom stereocenters. The molecule has 1 amide bonds. The highest BCUT2D eigenvalue weighted by atomic mass is 32.1. The minimum absolute atomic E-state index is 0.00153. The molecule has 0 spiro atoms. The van der Waals surface area contributed by atoms with Crippen molar-refractivity contribution in [2.45, 2.75) is 65.3 Å². The van der Waals surface area contributed by atoms with Crippen molar-refractivity contribution in [3.63, 3.8) is 0 Å². The molecule has 1 N–H and O–H groups in total. The molecule has 1 fully saturated rings. The number of hydrogen-bond donors (Lipinski definition) is 1. The van der Waals surface area contributed by atoms with Crippen LogP contribution in [0, 0.1) is 0 Å². The van der Waals surface area contributed by atoms with Gasteiger partial charge in [-0.15, -0.1) is 0 Å². The minimum atomic E-state index is -0.893. The van der Waals surface area contributed by atoms with Gasteiger partial charge in [0.25, 0.3) is 5.78 Å². The fraction of sp³-hybridized carbons (Fsp3) is 0.333. The maximum Gasteiger partial charge on any atom is 0.301 e. The van der Waals surface area contributed by atoms with E-state index in [9.17, 15) is 14.7 Å². The van der Waals surface area contributed by atoms with Crippen molar-refractivity contribution < 1.29 is 19.4 Å². The van der Waals surface area contributed by atoms with E-state index in [1.165, 1.54) is 16.2 Å². The second kappa shape index (κ2) is 10.4. The molecule has 5 rings (SSSR count). The van der Waals surface area contributed by atoms with Gasteiger partial charge in [0.1, 0.15) is 11.5 Å². The Balaban J connectivity index is 1.69. The summed E-state index contributed by atoms with van der Waals surface area (Å²) in [5, 5.41) is 12.1. The van der Waals surface area contributed by atoms with Crippen LogP contribution in [-0.2, 0) is 20.4 Å². The van der Waals surface area contributed by atoms with Crippen LogP contribution in [0.2, 0.25) is 0 Å². The summed E-state index contributed by atoms with van der Waals surface area (Å²) < 4.78 is 6.76. The van der Waals surface area contributed by atoms with Gasteiger partial charge < -0.3 is 9.84 Å². The molecule has 3 heterocycles. The summed E-state index contributed by atoms with van der Waals surface area (Å²) in [6.07, 6.45) is 3.24. The zero-order valence-corrected chi connectivity index (χ0v) is 25.3. The number of carbonyl (C=O) groups excluding carboxylic acids is 2. The van der Waals surface area contributed by atoms with Crippen LogP contribution in [0.25, 0.3) is 16.0 Å². The molecule has 2 aromatic heterocycles. The van der Waals surface area contributed by atoms with Crippen LogP contribution in [0.15, 0.2) is 66.5 Å². The van der Waals surface area contributed by atoms with Crippen molar-refractivity contribution >= 4 is 44.1 Å². The van der Waals surface area contributed by atoms with Crippen LogP contribution in [0.5, 0.6) is 5.75 Å². The van der Waals surface area contributed by atoms with E-state index in [1.807, 2.05) is 25.1 Å². The second-order valence-electron chi connectivity index (χ2n) is 12.3. The molecule has 212 valence electrons. The van der Waals surface area contributed by atoms with Crippen molar-refractivity contribution in [2.75, 3.05) is 11.5 Å². The van der Waals surface area contributed by atoms with E-state index in [0.29, 0.717) is 28.6 Å². The summed E-state index contributed by atoms with van der Waals surface area (Å²) in [6.45, 7) is 15.0. The summed E-state index contributed by atoms with van der Waals surface area (Å²) >= 11 is 1.35. The summed E-state index contributed by atoms with van der Waals surface area (Å²) in [4.78, 5) is 37.7. The zero-order valence-electron chi connectivity index (χ0n) is 24.5. The van der Waals surface area contributed by atoms with Gasteiger partial charge in [-0.1, -0.05) is 65.0 Å². The Labute approximate surface area is 244 Å². The van der Waals surface area contributed by atoms with E-state index >= 15 is 0 Å². The monoisotopic (exact) mass is 569 g/mol. The maximum atomic E-state index is 13.7. The van der Waals surface area contributed by atoms with Crippen LogP contribution in [0.1, 0.15) is 76.8 Å². The van der Waals surface area contributed by atoms with Crippen LogP contribution in [-0.4, -0.2) is 33.4 Å². The number of aliphatic hydroxyl groups excluding tert-OH is 1. The van der Waals surface area contributed by atoms with Gasteiger partial charge in [-0.05, 0) is 65.3 Å². The van der Waals surface area contributed by atoms with E-state index in [2.05, 4.69) is 52.6 Å². The average Bonchev–Trinajstić information content (AvgIpc) is 3.45. The van der Waals surface area contributed by atoms with Gasteiger partial charge in [0, 0.05) is 23.5 Å². The number of anilines is 1. The molecule has 1 unspecified atom stereocenters. The van der Waals surface area contributed by atoms with Crippen molar-refractivity contribution in [3.05, 3.63) is 88.8 Å². The Morgan fingerprint density at radius 1 is 1.02 bits per heavy atom. The van der Waals surface area contributed by atoms with E-state index < -0.39 is 17.7 Å². The number of carbonyl (C=O) groups is 2. The summed E-state index contributed by atoms with van der Waals surface area (Å²) in [6, 6.07) is 14.1. The number of benzene rings is 2. The number of ketones is 1. The normalized spacial score (nSPS) is 17.4. The lowest BCUT2D eigenvalue weighted by molar-refractivity contribution is -0.132. The Morgan fingerprint density at radius 2 is 1.78 bits per heavy atom. The highest BCUT2D eigenvalue weighted by Gasteiger charge is 2.48. The first kappa shape index (κ1) is 28.5. The molecule has 8 heteroatoms. The highest BCUT2D eigenvalue weighted by Crippen LogP contribution is 2.45.